The van der Waals surface area contributed by atoms with Gasteiger partial charge in [0.05, 0.1) is 5.56 Å². The van der Waals surface area contributed by atoms with Crippen LogP contribution in [0, 0.1) is 6.92 Å². The first-order chi connectivity index (χ1) is 15.3. The Morgan fingerprint density at radius 3 is 2.59 bits per heavy atom. The Hall–Kier alpha value is -3.36. The molecule has 170 valence electrons. The van der Waals surface area contributed by atoms with Gasteiger partial charge in [0.1, 0.15) is 11.6 Å². The number of nitrogens with zero attached hydrogens (tertiary/aromatic N) is 4. The summed E-state index contributed by atoms with van der Waals surface area (Å²) in [7, 11) is 1.68. The van der Waals surface area contributed by atoms with Gasteiger partial charge in [0, 0.05) is 38.7 Å². The molecule has 2 heterocycles. The topological polar surface area (TPSA) is 67.1 Å². The molecule has 1 atom stereocenters. The molecule has 1 unspecified atom stereocenters. The fourth-order valence-corrected chi connectivity index (χ4v) is 3.29. The van der Waals surface area contributed by atoms with E-state index in [0.29, 0.717) is 31.0 Å². The third-order valence-electron chi connectivity index (χ3n) is 5.22. The van der Waals surface area contributed by atoms with Crippen molar-refractivity contribution in [3.63, 3.8) is 0 Å². The minimum atomic E-state index is -4.33. The largest absolute Gasteiger partial charge is 0.416 e. The standard InChI is InChI=1S/C23H27F3N6/c1-16(19-5-4-6-20(13-19)23(24,25)26)9-10-29-22(27-3)31-15-18-7-8-21(30-14-18)32-12-11-28-17(32)2/h4-8,11-14,16H,9-10,15H2,1-3H3,(H2,27,29,31). The van der Waals surface area contributed by atoms with Crippen molar-refractivity contribution in [1.82, 2.24) is 25.2 Å². The molecule has 0 aliphatic rings. The van der Waals surface area contributed by atoms with Crippen LogP contribution >= 0.6 is 0 Å². The Labute approximate surface area is 185 Å². The maximum Gasteiger partial charge on any atom is 0.416 e. The van der Waals surface area contributed by atoms with E-state index in [1.807, 2.05) is 36.7 Å². The second-order valence-electron chi connectivity index (χ2n) is 7.53. The quantitative estimate of drug-likeness (QED) is 0.417. The molecule has 0 amide bonds. The van der Waals surface area contributed by atoms with Gasteiger partial charge in [-0.1, -0.05) is 31.2 Å². The van der Waals surface area contributed by atoms with Crippen LogP contribution in [-0.2, 0) is 12.7 Å². The third-order valence-corrected chi connectivity index (χ3v) is 5.22. The summed E-state index contributed by atoms with van der Waals surface area (Å²) < 4.78 is 40.7. The molecule has 1 aromatic carbocycles. The summed E-state index contributed by atoms with van der Waals surface area (Å²) in [6, 6.07) is 9.42. The van der Waals surface area contributed by atoms with Crippen molar-refractivity contribution >= 4 is 5.96 Å². The van der Waals surface area contributed by atoms with E-state index in [-0.39, 0.29) is 5.92 Å². The Morgan fingerprint density at radius 1 is 1.16 bits per heavy atom. The van der Waals surface area contributed by atoms with Crippen LogP contribution in [0.4, 0.5) is 13.2 Å². The zero-order valence-electron chi connectivity index (χ0n) is 18.3. The van der Waals surface area contributed by atoms with Crippen molar-refractivity contribution in [1.29, 1.82) is 0 Å². The molecule has 0 radical (unpaired) electrons. The second kappa shape index (κ2) is 10.3. The van der Waals surface area contributed by atoms with Crippen molar-refractivity contribution in [3.8, 4) is 5.82 Å². The first-order valence-electron chi connectivity index (χ1n) is 10.3. The summed E-state index contributed by atoms with van der Waals surface area (Å²) >= 11 is 0. The van der Waals surface area contributed by atoms with Crippen molar-refractivity contribution in [2.75, 3.05) is 13.6 Å². The van der Waals surface area contributed by atoms with E-state index < -0.39 is 11.7 Å². The number of halogens is 3. The zero-order chi connectivity index (χ0) is 23.1. The van der Waals surface area contributed by atoms with Gasteiger partial charge in [-0.15, -0.1) is 0 Å². The van der Waals surface area contributed by atoms with E-state index in [1.54, 1.807) is 25.5 Å². The van der Waals surface area contributed by atoms with E-state index in [1.165, 1.54) is 12.1 Å². The van der Waals surface area contributed by atoms with Crippen LogP contribution in [0.25, 0.3) is 5.82 Å². The average Bonchev–Trinajstić information content (AvgIpc) is 3.21. The van der Waals surface area contributed by atoms with Gasteiger partial charge in [-0.2, -0.15) is 13.2 Å². The summed E-state index contributed by atoms with van der Waals surface area (Å²) in [4.78, 5) is 12.9. The Morgan fingerprint density at radius 2 is 1.97 bits per heavy atom. The molecule has 0 bridgehead atoms. The molecule has 0 aliphatic heterocycles. The molecular formula is C23H27F3N6. The predicted octanol–water partition coefficient (Wildman–Crippen LogP) is 4.45. The molecule has 0 saturated heterocycles. The van der Waals surface area contributed by atoms with Gasteiger partial charge in [0.15, 0.2) is 5.96 Å². The number of imidazole rings is 1. The fourth-order valence-electron chi connectivity index (χ4n) is 3.29. The van der Waals surface area contributed by atoms with Gasteiger partial charge in [-0.3, -0.25) is 9.56 Å². The van der Waals surface area contributed by atoms with Gasteiger partial charge >= 0.3 is 6.18 Å². The molecule has 3 rings (SSSR count). The summed E-state index contributed by atoms with van der Waals surface area (Å²) in [5.41, 5.74) is 1.05. The second-order valence-corrected chi connectivity index (χ2v) is 7.53. The molecule has 2 aromatic heterocycles. The number of aromatic nitrogens is 3. The van der Waals surface area contributed by atoms with Gasteiger partial charge < -0.3 is 10.6 Å². The van der Waals surface area contributed by atoms with Gasteiger partial charge in [-0.05, 0) is 42.5 Å². The summed E-state index contributed by atoms with van der Waals surface area (Å²) in [5.74, 6) is 2.27. The van der Waals surface area contributed by atoms with Crippen LogP contribution in [0.5, 0.6) is 0 Å². The number of rotatable bonds is 7. The molecule has 32 heavy (non-hydrogen) atoms. The summed E-state index contributed by atoms with van der Waals surface area (Å²) in [6.45, 7) is 4.95. The van der Waals surface area contributed by atoms with Crippen molar-refractivity contribution < 1.29 is 13.2 Å². The molecule has 0 spiro atoms. The normalized spacial score (nSPS) is 13.1. The molecule has 0 aliphatic carbocycles. The van der Waals surface area contributed by atoms with Crippen LogP contribution in [0.1, 0.15) is 41.8 Å². The Balaban J connectivity index is 1.48. The highest BCUT2D eigenvalue weighted by Gasteiger charge is 2.30. The molecular weight excluding hydrogens is 417 g/mol. The smallest absolute Gasteiger partial charge is 0.356 e. The first-order valence-corrected chi connectivity index (χ1v) is 10.3. The first kappa shape index (κ1) is 23.3. The lowest BCUT2D eigenvalue weighted by Gasteiger charge is -2.16. The number of pyridine rings is 1. The van der Waals surface area contributed by atoms with Crippen molar-refractivity contribution in [2.45, 2.75) is 38.9 Å². The van der Waals surface area contributed by atoms with Crippen molar-refractivity contribution in [2.24, 2.45) is 4.99 Å². The van der Waals surface area contributed by atoms with Crippen LogP contribution in [0.3, 0.4) is 0 Å². The summed E-state index contributed by atoms with van der Waals surface area (Å²) in [6.07, 6.45) is 1.73. The van der Waals surface area contributed by atoms with Gasteiger partial charge in [0.2, 0.25) is 0 Å². The van der Waals surface area contributed by atoms with Crippen LogP contribution in [0.2, 0.25) is 0 Å². The van der Waals surface area contributed by atoms with Crippen LogP contribution < -0.4 is 10.6 Å². The van der Waals surface area contributed by atoms with Gasteiger partial charge in [0.25, 0.3) is 0 Å². The number of benzene rings is 1. The average molecular weight is 445 g/mol. The highest BCUT2D eigenvalue weighted by molar-refractivity contribution is 5.79. The number of nitrogens with one attached hydrogen (secondary N) is 2. The molecule has 0 saturated carbocycles. The minimum Gasteiger partial charge on any atom is -0.356 e. The number of hydrogen-bond donors (Lipinski definition) is 2. The monoisotopic (exact) mass is 444 g/mol. The molecule has 9 heteroatoms. The molecule has 0 fully saturated rings. The number of aryl methyl sites for hydroxylation is 1. The van der Waals surface area contributed by atoms with Crippen LogP contribution in [-0.4, -0.2) is 34.1 Å². The minimum absolute atomic E-state index is 0.0220. The fraction of sp³-hybridized carbons (Fsp3) is 0.348. The molecule has 2 N–H and O–H groups in total. The highest BCUT2D eigenvalue weighted by Crippen LogP contribution is 2.31. The van der Waals surface area contributed by atoms with Crippen LogP contribution in [0.15, 0.2) is 60.0 Å². The van der Waals surface area contributed by atoms with Gasteiger partial charge in [-0.25, -0.2) is 9.97 Å². The van der Waals surface area contributed by atoms with E-state index in [4.69, 9.17) is 0 Å². The van der Waals surface area contributed by atoms with E-state index in [2.05, 4.69) is 25.6 Å². The number of aliphatic imine (C=N–C) groups is 1. The van der Waals surface area contributed by atoms with Crippen molar-refractivity contribution in [3.05, 3.63) is 77.5 Å². The lowest BCUT2D eigenvalue weighted by molar-refractivity contribution is -0.137. The number of hydrogen-bond acceptors (Lipinski definition) is 3. The van der Waals surface area contributed by atoms with E-state index in [0.717, 1.165) is 23.3 Å². The highest BCUT2D eigenvalue weighted by atomic mass is 19.4. The summed E-state index contributed by atoms with van der Waals surface area (Å²) in [5, 5.41) is 6.44. The lowest BCUT2D eigenvalue weighted by atomic mass is 9.96. The zero-order valence-corrected chi connectivity index (χ0v) is 18.3. The SMILES string of the molecule is CN=C(NCCC(C)c1cccc(C(F)(F)F)c1)NCc1ccc(-n2ccnc2C)nc1. The molecule has 3 aromatic rings. The number of alkyl halides is 3. The lowest BCUT2D eigenvalue weighted by Crippen LogP contribution is -2.37. The van der Waals surface area contributed by atoms with E-state index >= 15 is 0 Å². The maximum absolute atomic E-state index is 12.9. The van der Waals surface area contributed by atoms with E-state index in [9.17, 15) is 13.2 Å². The third kappa shape index (κ3) is 6.09. The predicted molar refractivity (Wildman–Crippen MR) is 119 cm³/mol. The Kier molecular flexibility index (Phi) is 7.50. The number of guanidine groups is 1. The maximum atomic E-state index is 12.9. The Bertz CT molecular complexity index is 1040. The molecule has 6 nitrogen and oxygen atoms in total.